The molecule has 3 heteroatoms. The number of phenols is 1. The van der Waals surface area contributed by atoms with Crippen LogP contribution in [0.15, 0.2) is 24.4 Å². The molecule has 1 aromatic heterocycles. The molecule has 0 atom stereocenters. The number of hydrogen-bond acceptors (Lipinski definition) is 2. The van der Waals surface area contributed by atoms with Gasteiger partial charge in [0, 0.05) is 11.6 Å². The third-order valence-corrected chi connectivity index (χ3v) is 4.51. The molecule has 1 aromatic carbocycles. The Hall–Kier alpha value is -1.28. The van der Waals surface area contributed by atoms with Gasteiger partial charge in [-0.3, -0.25) is 4.98 Å². The Balaban J connectivity index is 1.83. The Morgan fingerprint density at radius 3 is 2.45 bits per heavy atom. The van der Waals surface area contributed by atoms with Gasteiger partial charge < -0.3 is 5.11 Å². The first-order valence-electron chi connectivity index (χ1n) is 8.49. The van der Waals surface area contributed by atoms with E-state index in [4.69, 9.17) is 11.6 Å². The summed E-state index contributed by atoms with van der Waals surface area (Å²) in [5.41, 5.74) is 1.53. The van der Waals surface area contributed by atoms with Gasteiger partial charge in [-0.15, -0.1) is 0 Å². The number of phenolic OH excluding ortho intramolecular Hbond substituents is 1. The van der Waals surface area contributed by atoms with E-state index in [0.717, 1.165) is 23.8 Å². The number of aromatic hydroxyl groups is 1. The number of halogens is 1. The predicted octanol–water partition coefficient (Wildman–Crippen LogP) is 6.28. The van der Waals surface area contributed by atoms with Crippen molar-refractivity contribution in [3.05, 3.63) is 35.0 Å². The molecule has 0 spiro atoms. The van der Waals surface area contributed by atoms with E-state index in [9.17, 15) is 5.11 Å². The third-order valence-electron chi connectivity index (χ3n) is 4.19. The van der Waals surface area contributed by atoms with Crippen LogP contribution >= 0.6 is 11.6 Å². The predicted molar refractivity (Wildman–Crippen MR) is 94.7 cm³/mol. The van der Waals surface area contributed by atoms with Crippen molar-refractivity contribution in [2.45, 2.75) is 64.7 Å². The van der Waals surface area contributed by atoms with Crippen molar-refractivity contribution in [2.24, 2.45) is 0 Å². The molecule has 22 heavy (non-hydrogen) atoms. The zero-order valence-electron chi connectivity index (χ0n) is 13.4. The highest BCUT2D eigenvalue weighted by Gasteiger charge is 2.10. The first-order chi connectivity index (χ1) is 10.7. The summed E-state index contributed by atoms with van der Waals surface area (Å²) in [6.45, 7) is 2.25. The lowest BCUT2D eigenvalue weighted by atomic mass is 10.0. The maximum Gasteiger partial charge on any atom is 0.145 e. The lowest BCUT2D eigenvalue weighted by molar-refractivity contribution is 0.471. The van der Waals surface area contributed by atoms with Crippen LogP contribution in [-0.2, 0) is 6.42 Å². The molecule has 0 fully saturated rings. The summed E-state index contributed by atoms with van der Waals surface area (Å²) in [5, 5.41) is 11.8. The zero-order valence-corrected chi connectivity index (χ0v) is 14.2. The van der Waals surface area contributed by atoms with Crippen molar-refractivity contribution in [1.29, 1.82) is 0 Å². The highest BCUT2D eigenvalue weighted by atomic mass is 35.5. The van der Waals surface area contributed by atoms with Gasteiger partial charge in [-0.2, -0.15) is 0 Å². The topological polar surface area (TPSA) is 33.1 Å². The fraction of sp³-hybridized carbons (Fsp3) is 0.526. The first-order valence-corrected chi connectivity index (χ1v) is 8.87. The Kier molecular flexibility index (Phi) is 6.98. The first kappa shape index (κ1) is 17.1. The van der Waals surface area contributed by atoms with Crippen molar-refractivity contribution in [3.63, 3.8) is 0 Å². The van der Waals surface area contributed by atoms with E-state index in [1.54, 1.807) is 6.20 Å². The molecule has 1 heterocycles. The zero-order chi connectivity index (χ0) is 15.8. The van der Waals surface area contributed by atoms with Gasteiger partial charge in [0.2, 0.25) is 0 Å². The van der Waals surface area contributed by atoms with Crippen LogP contribution in [0.25, 0.3) is 10.9 Å². The van der Waals surface area contributed by atoms with Crippen LogP contribution in [0.3, 0.4) is 0 Å². The van der Waals surface area contributed by atoms with E-state index in [0.29, 0.717) is 16.3 Å². The minimum Gasteiger partial charge on any atom is -0.505 e. The van der Waals surface area contributed by atoms with Crippen LogP contribution in [0.4, 0.5) is 0 Å². The van der Waals surface area contributed by atoms with Crippen LogP contribution in [-0.4, -0.2) is 10.1 Å². The SMILES string of the molecule is CCCCCCCCCCc1cc(Cl)c2cccnc2c1O. The van der Waals surface area contributed by atoms with Crippen molar-refractivity contribution in [1.82, 2.24) is 4.98 Å². The lowest BCUT2D eigenvalue weighted by Crippen LogP contribution is -1.91. The summed E-state index contributed by atoms with van der Waals surface area (Å²) in [7, 11) is 0. The van der Waals surface area contributed by atoms with Crippen molar-refractivity contribution >= 4 is 22.5 Å². The number of pyridine rings is 1. The molecule has 0 saturated heterocycles. The molecule has 0 bridgehead atoms. The summed E-state index contributed by atoms with van der Waals surface area (Å²) >= 11 is 6.29. The summed E-state index contributed by atoms with van der Waals surface area (Å²) in [5.74, 6) is 0.294. The van der Waals surface area contributed by atoms with Crippen LogP contribution in [0.1, 0.15) is 63.9 Å². The minimum atomic E-state index is 0.294. The minimum absolute atomic E-state index is 0.294. The van der Waals surface area contributed by atoms with Crippen LogP contribution in [0.2, 0.25) is 5.02 Å². The molecular formula is C19H26ClNO. The van der Waals surface area contributed by atoms with E-state index in [1.165, 1.54) is 44.9 Å². The summed E-state index contributed by atoms with van der Waals surface area (Å²) in [4.78, 5) is 4.25. The van der Waals surface area contributed by atoms with E-state index < -0.39 is 0 Å². The van der Waals surface area contributed by atoms with E-state index in [1.807, 2.05) is 18.2 Å². The Bertz CT molecular complexity index is 597. The monoisotopic (exact) mass is 319 g/mol. The molecule has 0 unspecified atom stereocenters. The number of unbranched alkanes of at least 4 members (excludes halogenated alkanes) is 7. The van der Waals surface area contributed by atoms with Gasteiger partial charge in [-0.1, -0.05) is 63.5 Å². The largest absolute Gasteiger partial charge is 0.505 e. The second-order valence-electron chi connectivity index (χ2n) is 5.99. The molecule has 1 N–H and O–H groups in total. The van der Waals surface area contributed by atoms with Gasteiger partial charge in [0.1, 0.15) is 11.3 Å². The molecule has 2 rings (SSSR count). The highest BCUT2D eigenvalue weighted by molar-refractivity contribution is 6.35. The van der Waals surface area contributed by atoms with Gasteiger partial charge in [-0.05, 0) is 36.6 Å². The molecule has 0 radical (unpaired) electrons. The number of benzene rings is 1. The number of aryl methyl sites for hydroxylation is 1. The molecule has 0 saturated carbocycles. The average Bonchev–Trinajstić information content (AvgIpc) is 2.54. The molecule has 0 aliphatic heterocycles. The van der Waals surface area contributed by atoms with Gasteiger partial charge in [0.05, 0.1) is 5.02 Å². The van der Waals surface area contributed by atoms with Crippen LogP contribution < -0.4 is 0 Å². The number of hydrogen-bond donors (Lipinski definition) is 1. The maximum atomic E-state index is 10.4. The van der Waals surface area contributed by atoms with Gasteiger partial charge in [0.15, 0.2) is 0 Å². The molecule has 0 aliphatic rings. The van der Waals surface area contributed by atoms with E-state index in [2.05, 4.69) is 11.9 Å². The number of aromatic nitrogens is 1. The van der Waals surface area contributed by atoms with Crippen molar-refractivity contribution in [2.75, 3.05) is 0 Å². The fourth-order valence-electron chi connectivity index (χ4n) is 2.88. The smallest absolute Gasteiger partial charge is 0.145 e. The van der Waals surface area contributed by atoms with Gasteiger partial charge >= 0.3 is 0 Å². The average molecular weight is 320 g/mol. The number of nitrogens with zero attached hydrogens (tertiary/aromatic N) is 1. The quantitative estimate of drug-likeness (QED) is 0.552. The molecule has 0 amide bonds. The number of rotatable bonds is 9. The molecule has 120 valence electrons. The normalized spacial score (nSPS) is 11.2. The summed E-state index contributed by atoms with van der Waals surface area (Å²) in [6.07, 6.45) is 12.8. The Morgan fingerprint density at radius 2 is 1.73 bits per heavy atom. The summed E-state index contributed by atoms with van der Waals surface area (Å²) in [6, 6.07) is 5.62. The second-order valence-corrected chi connectivity index (χ2v) is 6.40. The number of fused-ring (bicyclic) bond motifs is 1. The standard InChI is InChI=1S/C19H26ClNO/c1-2-3-4-5-6-7-8-9-11-15-14-17(20)16-12-10-13-21-18(16)19(15)22/h10,12-14,22H,2-9,11H2,1H3. The maximum absolute atomic E-state index is 10.4. The van der Waals surface area contributed by atoms with E-state index in [-0.39, 0.29) is 0 Å². The van der Waals surface area contributed by atoms with Gasteiger partial charge in [0.25, 0.3) is 0 Å². The lowest BCUT2D eigenvalue weighted by Gasteiger charge is -2.09. The molecule has 0 aliphatic carbocycles. The second kappa shape index (κ2) is 8.99. The van der Waals surface area contributed by atoms with Crippen LogP contribution in [0.5, 0.6) is 5.75 Å². The Labute approximate surface area is 138 Å². The molecular weight excluding hydrogens is 294 g/mol. The fourth-order valence-corrected chi connectivity index (χ4v) is 3.16. The summed E-state index contributed by atoms with van der Waals surface area (Å²) < 4.78 is 0. The molecule has 2 nitrogen and oxygen atoms in total. The Morgan fingerprint density at radius 1 is 1.05 bits per heavy atom. The van der Waals surface area contributed by atoms with E-state index >= 15 is 0 Å². The molecule has 2 aromatic rings. The van der Waals surface area contributed by atoms with Crippen LogP contribution in [0, 0.1) is 0 Å². The van der Waals surface area contributed by atoms with Crippen molar-refractivity contribution < 1.29 is 5.11 Å². The highest BCUT2D eigenvalue weighted by Crippen LogP contribution is 2.33. The van der Waals surface area contributed by atoms with Gasteiger partial charge in [-0.25, -0.2) is 0 Å². The van der Waals surface area contributed by atoms with Crippen molar-refractivity contribution in [3.8, 4) is 5.75 Å². The third kappa shape index (κ3) is 4.61.